The SMILES string of the molecule is Cc1cc(C)c([C@H](C)NC(=O)COc2ccc(S(=O)(=O)Nc3ccc(Cl)cc3)cc2)cc1C. The summed E-state index contributed by atoms with van der Waals surface area (Å²) < 4.78 is 33.1. The van der Waals surface area contributed by atoms with E-state index in [1.54, 1.807) is 24.3 Å². The molecule has 0 aliphatic rings. The van der Waals surface area contributed by atoms with E-state index in [0.717, 1.165) is 11.1 Å². The molecule has 0 saturated carbocycles. The van der Waals surface area contributed by atoms with Crippen LogP contribution in [0.15, 0.2) is 65.6 Å². The number of hydrogen-bond acceptors (Lipinski definition) is 4. The number of carbonyl (C=O) groups excluding carboxylic acids is 1. The molecule has 0 spiro atoms. The summed E-state index contributed by atoms with van der Waals surface area (Å²) >= 11 is 5.83. The molecule has 0 heterocycles. The zero-order valence-electron chi connectivity index (χ0n) is 19.0. The second kappa shape index (κ2) is 10.3. The van der Waals surface area contributed by atoms with Gasteiger partial charge in [0.1, 0.15) is 5.75 Å². The minimum atomic E-state index is -3.76. The van der Waals surface area contributed by atoms with Crippen molar-refractivity contribution in [3.05, 3.63) is 87.9 Å². The molecule has 0 saturated heterocycles. The van der Waals surface area contributed by atoms with Gasteiger partial charge in [0.15, 0.2) is 6.61 Å². The fourth-order valence-corrected chi connectivity index (χ4v) is 4.59. The van der Waals surface area contributed by atoms with E-state index in [1.807, 2.05) is 20.8 Å². The topological polar surface area (TPSA) is 84.5 Å². The van der Waals surface area contributed by atoms with E-state index in [-0.39, 0.29) is 23.5 Å². The normalized spacial score (nSPS) is 12.2. The molecular weight excluding hydrogens is 460 g/mol. The fraction of sp³-hybridized carbons (Fsp3) is 0.240. The Labute approximate surface area is 200 Å². The molecule has 0 unspecified atom stereocenters. The van der Waals surface area contributed by atoms with Gasteiger partial charge in [0, 0.05) is 10.7 Å². The van der Waals surface area contributed by atoms with Crippen LogP contribution >= 0.6 is 11.6 Å². The van der Waals surface area contributed by atoms with Gasteiger partial charge in [-0.15, -0.1) is 0 Å². The van der Waals surface area contributed by atoms with E-state index in [1.165, 1.54) is 35.4 Å². The summed E-state index contributed by atoms with van der Waals surface area (Å²) in [6.07, 6.45) is 0. The van der Waals surface area contributed by atoms with Crippen LogP contribution in [-0.4, -0.2) is 20.9 Å². The highest BCUT2D eigenvalue weighted by molar-refractivity contribution is 7.92. The van der Waals surface area contributed by atoms with Crippen molar-refractivity contribution < 1.29 is 17.9 Å². The van der Waals surface area contributed by atoms with E-state index >= 15 is 0 Å². The summed E-state index contributed by atoms with van der Waals surface area (Å²) in [6, 6.07) is 16.3. The Morgan fingerprint density at radius 3 is 2.18 bits per heavy atom. The Bertz CT molecular complexity index is 1240. The summed E-state index contributed by atoms with van der Waals surface area (Å²) in [5.41, 5.74) is 4.98. The zero-order chi connectivity index (χ0) is 24.2. The molecule has 0 aromatic heterocycles. The third-order valence-electron chi connectivity index (χ3n) is 5.33. The second-order valence-corrected chi connectivity index (χ2v) is 10.1. The van der Waals surface area contributed by atoms with E-state index in [2.05, 4.69) is 29.1 Å². The summed E-state index contributed by atoms with van der Waals surface area (Å²) in [7, 11) is -3.76. The van der Waals surface area contributed by atoms with Crippen LogP contribution in [0.4, 0.5) is 5.69 Å². The van der Waals surface area contributed by atoms with Crippen molar-refractivity contribution in [1.29, 1.82) is 0 Å². The number of amides is 1. The average Bonchev–Trinajstić information content (AvgIpc) is 2.76. The molecule has 0 fully saturated rings. The van der Waals surface area contributed by atoms with Crippen molar-refractivity contribution in [2.45, 2.75) is 38.6 Å². The van der Waals surface area contributed by atoms with Crippen molar-refractivity contribution in [1.82, 2.24) is 5.32 Å². The minimum absolute atomic E-state index is 0.0769. The molecule has 1 atom stereocenters. The molecule has 0 bridgehead atoms. The first kappa shape index (κ1) is 24.6. The first-order valence-corrected chi connectivity index (χ1v) is 12.3. The molecule has 1 amide bonds. The van der Waals surface area contributed by atoms with Crippen molar-refractivity contribution in [3.63, 3.8) is 0 Å². The van der Waals surface area contributed by atoms with Gasteiger partial charge in [-0.2, -0.15) is 0 Å². The number of hydrogen-bond donors (Lipinski definition) is 2. The van der Waals surface area contributed by atoms with Crippen LogP contribution in [0.1, 0.15) is 35.2 Å². The van der Waals surface area contributed by atoms with Crippen LogP contribution < -0.4 is 14.8 Å². The Balaban J connectivity index is 1.57. The van der Waals surface area contributed by atoms with Crippen molar-refractivity contribution in [2.75, 3.05) is 11.3 Å². The Morgan fingerprint density at radius 1 is 0.939 bits per heavy atom. The van der Waals surface area contributed by atoms with E-state index < -0.39 is 10.0 Å². The largest absolute Gasteiger partial charge is 0.484 e. The van der Waals surface area contributed by atoms with Gasteiger partial charge >= 0.3 is 0 Å². The summed E-state index contributed by atoms with van der Waals surface area (Å²) in [5, 5.41) is 3.46. The van der Waals surface area contributed by atoms with Gasteiger partial charge < -0.3 is 10.1 Å². The van der Waals surface area contributed by atoms with Crippen molar-refractivity contribution >= 4 is 33.2 Å². The van der Waals surface area contributed by atoms with Gasteiger partial charge in [0.2, 0.25) is 0 Å². The lowest BCUT2D eigenvalue weighted by Crippen LogP contribution is -2.31. The van der Waals surface area contributed by atoms with Gasteiger partial charge in [-0.1, -0.05) is 23.7 Å². The Morgan fingerprint density at radius 2 is 1.55 bits per heavy atom. The van der Waals surface area contributed by atoms with Crippen LogP contribution in [-0.2, 0) is 14.8 Å². The smallest absolute Gasteiger partial charge is 0.261 e. The van der Waals surface area contributed by atoms with E-state index in [9.17, 15) is 13.2 Å². The quantitative estimate of drug-likeness (QED) is 0.451. The molecule has 0 radical (unpaired) electrons. The highest BCUT2D eigenvalue weighted by Crippen LogP contribution is 2.22. The zero-order valence-corrected chi connectivity index (χ0v) is 20.5. The Hall–Kier alpha value is -3.03. The van der Waals surface area contributed by atoms with Crippen LogP contribution in [0, 0.1) is 20.8 Å². The summed E-state index contributed by atoms with van der Waals surface area (Å²) in [6.45, 7) is 7.89. The van der Waals surface area contributed by atoms with E-state index in [4.69, 9.17) is 16.3 Å². The lowest BCUT2D eigenvalue weighted by molar-refractivity contribution is -0.123. The third kappa shape index (κ3) is 6.49. The van der Waals surface area contributed by atoms with E-state index in [0.29, 0.717) is 16.5 Å². The molecule has 6 nitrogen and oxygen atoms in total. The van der Waals surface area contributed by atoms with Gasteiger partial charge in [-0.25, -0.2) is 8.42 Å². The lowest BCUT2D eigenvalue weighted by Gasteiger charge is -2.18. The maximum atomic E-state index is 12.5. The summed E-state index contributed by atoms with van der Waals surface area (Å²) in [4.78, 5) is 12.4. The molecule has 33 heavy (non-hydrogen) atoms. The third-order valence-corrected chi connectivity index (χ3v) is 6.98. The number of ether oxygens (including phenoxy) is 1. The molecule has 3 aromatic rings. The second-order valence-electron chi connectivity index (χ2n) is 7.95. The fourth-order valence-electron chi connectivity index (χ4n) is 3.41. The van der Waals surface area contributed by atoms with Crippen molar-refractivity contribution in [3.8, 4) is 5.75 Å². The number of aryl methyl sites for hydroxylation is 3. The molecule has 3 aromatic carbocycles. The minimum Gasteiger partial charge on any atom is -0.484 e. The monoisotopic (exact) mass is 486 g/mol. The molecule has 0 aliphatic carbocycles. The number of sulfonamides is 1. The molecule has 2 N–H and O–H groups in total. The highest BCUT2D eigenvalue weighted by Gasteiger charge is 2.16. The average molecular weight is 487 g/mol. The number of anilines is 1. The van der Waals surface area contributed by atoms with Crippen LogP contribution in [0.2, 0.25) is 5.02 Å². The van der Waals surface area contributed by atoms with Crippen molar-refractivity contribution in [2.24, 2.45) is 0 Å². The lowest BCUT2D eigenvalue weighted by atomic mass is 9.96. The van der Waals surface area contributed by atoms with Crippen LogP contribution in [0.5, 0.6) is 5.75 Å². The van der Waals surface area contributed by atoms with Gasteiger partial charge in [0.25, 0.3) is 15.9 Å². The molecule has 3 rings (SSSR count). The standard InChI is InChI=1S/C25H27ClN2O4S/c1-16-13-18(3)24(14-17(16)2)19(4)27-25(29)15-32-22-9-11-23(12-10-22)33(30,31)28-21-7-5-20(26)6-8-21/h5-14,19,28H,15H2,1-4H3,(H,27,29)/t19-/m0/s1. The van der Waals surface area contributed by atoms with Gasteiger partial charge in [-0.3, -0.25) is 9.52 Å². The predicted molar refractivity (Wildman–Crippen MR) is 131 cm³/mol. The first-order valence-electron chi connectivity index (χ1n) is 10.4. The first-order chi connectivity index (χ1) is 15.5. The number of carbonyl (C=O) groups is 1. The molecule has 0 aliphatic heterocycles. The van der Waals surface area contributed by atoms with Gasteiger partial charge in [-0.05, 0) is 98.5 Å². The number of halogens is 1. The maximum Gasteiger partial charge on any atom is 0.261 e. The summed E-state index contributed by atoms with van der Waals surface area (Å²) in [5.74, 6) is 0.131. The maximum absolute atomic E-state index is 12.5. The number of nitrogens with one attached hydrogen (secondary N) is 2. The highest BCUT2D eigenvalue weighted by atomic mass is 35.5. The molecule has 8 heteroatoms. The molecular formula is C25H27ClN2O4S. The van der Waals surface area contributed by atoms with Crippen LogP contribution in [0.25, 0.3) is 0 Å². The number of rotatable bonds is 8. The Kier molecular flexibility index (Phi) is 7.66. The predicted octanol–water partition coefficient (Wildman–Crippen LogP) is 5.32. The number of benzene rings is 3. The molecule has 174 valence electrons. The van der Waals surface area contributed by atoms with Gasteiger partial charge in [0.05, 0.1) is 10.9 Å². The van der Waals surface area contributed by atoms with Crippen LogP contribution in [0.3, 0.4) is 0 Å².